The Hall–Kier alpha value is -2.05. The summed E-state index contributed by atoms with van der Waals surface area (Å²) in [6, 6.07) is 4.48. The first-order valence-corrected chi connectivity index (χ1v) is 7.50. The summed E-state index contributed by atoms with van der Waals surface area (Å²) < 4.78 is 38.2. The first-order chi connectivity index (χ1) is 10.7. The number of halogens is 3. The normalized spacial score (nSPS) is 17.4. The van der Waals surface area contributed by atoms with Crippen molar-refractivity contribution in [2.45, 2.75) is 50.7 Å². The van der Waals surface area contributed by atoms with Gasteiger partial charge in [-0.25, -0.2) is 0 Å². The molecule has 23 heavy (non-hydrogen) atoms. The first kappa shape index (κ1) is 17.3. The van der Waals surface area contributed by atoms with E-state index in [2.05, 4.69) is 10.6 Å². The smallest absolute Gasteiger partial charge is 0.342 e. The second-order valence-electron chi connectivity index (χ2n) is 5.86. The molecule has 7 heteroatoms. The number of nitrogens with one attached hydrogen (secondary N) is 2. The average Bonchev–Trinajstić information content (AvgIpc) is 2.47. The van der Waals surface area contributed by atoms with Crippen molar-refractivity contribution in [3.8, 4) is 0 Å². The minimum atomic E-state index is -4.47. The van der Waals surface area contributed by atoms with Crippen LogP contribution in [0.4, 0.5) is 18.9 Å². The van der Waals surface area contributed by atoms with Crippen LogP contribution in [0.3, 0.4) is 0 Å². The molecule has 126 valence electrons. The maximum atomic E-state index is 12.7. The molecule has 0 bridgehead atoms. The SMILES string of the molecule is CC(=O)NC1(C(=O)Nc2cccc(C(F)(F)F)c2)CCCCC1. The zero-order valence-electron chi connectivity index (χ0n) is 12.8. The van der Waals surface area contributed by atoms with Gasteiger partial charge in [0.05, 0.1) is 5.56 Å². The zero-order valence-corrected chi connectivity index (χ0v) is 12.8. The summed E-state index contributed by atoms with van der Waals surface area (Å²) in [6.07, 6.45) is -0.958. The Balaban J connectivity index is 2.20. The molecule has 0 unspecified atom stereocenters. The van der Waals surface area contributed by atoms with Crippen molar-refractivity contribution in [3.05, 3.63) is 29.8 Å². The molecule has 1 fully saturated rings. The monoisotopic (exact) mass is 328 g/mol. The number of hydrogen-bond acceptors (Lipinski definition) is 2. The van der Waals surface area contributed by atoms with E-state index in [0.717, 1.165) is 31.4 Å². The molecular formula is C16H19F3N2O2. The van der Waals surface area contributed by atoms with Crippen LogP contribution < -0.4 is 10.6 Å². The molecule has 0 saturated heterocycles. The van der Waals surface area contributed by atoms with Crippen LogP contribution in [0.15, 0.2) is 24.3 Å². The van der Waals surface area contributed by atoms with Gasteiger partial charge in [0.2, 0.25) is 11.8 Å². The number of amides is 2. The van der Waals surface area contributed by atoms with Crippen LogP contribution in [0.2, 0.25) is 0 Å². The molecule has 2 amide bonds. The van der Waals surface area contributed by atoms with E-state index >= 15 is 0 Å². The Labute approximate surface area is 132 Å². The Morgan fingerprint density at radius 2 is 1.78 bits per heavy atom. The molecule has 2 rings (SSSR count). The summed E-state index contributed by atoms with van der Waals surface area (Å²) in [7, 11) is 0. The molecule has 1 aromatic rings. The summed E-state index contributed by atoms with van der Waals surface area (Å²) in [6.45, 7) is 1.33. The predicted octanol–water partition coefficient (Wildman–Crippen LogP) is 3.48. The summed E-state index contributed by atoms with van der Waals surface area (Å²) in [4.78, 5) is 24.0. The summed E-state index contributed by atoms with van der Waals surface area (Å²) >= 11 is 0. The fourth-order valence-corrected chi connectivity index (χ4v) is 2.93. The molecule has 2 N–H and O–H groups in total. The molecule has 0 atom stereocenters. The second kappa shape index (κ2) is 6.60. The Morgan fingerprint density at radius 3 is 2.35 bits per heavy atom. The second-order valence-corrected chi connectivity index (χ2v) is 5.86. The fraction of sp³-hybridized carbons (Fsp3) is 0.500. The van der Waals surface area contributed by atoms with Crippen LogP contribution in [-0.4, -0.2) is 17.4 Å². The minimum Gasteiger partial charge on any atom is -0.342 e. The first-order valence-electron chi connectivity index (χ1n) is 7.50. The van der Waals surface area contributed by atoms with Crippen molar-refractivity contribution in [3.63, 3.8) is 0 Å². The highest BCUT2D eigenvalue weighted by atomic mass is 19.4. The number of carbonyl (C=O) groups excluding carboxylic acids is 2. The molecule has 1 aliphatic carbocycles. The standard InChI is InChI=1S/C16H19F3N2O2/c1-11(22)21-15(8-3-2-4-9-15)14(23)20-13-7-5-6-12(10-13)16(17,18)19/h5-7,10H,2-4,8-9H2,1H3,(H,20,23)(H,21,22). The molecule has 0 spiro atoms. The van der Waals surface area contributed by atoms with Crippen LogP contribution in [0.25, 0.3) is 0 Å². The predicted molar refractivity (Wildman–Crippen MR) is 79.7 cm³/mol. The van der Waals surface area contributed by atoms with E-state index in [1.807, 2.05) is 0 Å². The molecule has 4 nitrogen and oxygen atoms in total. The number of hydrogen-bond donors (Lipinski definition) is 2. The Kier molecular flexibility index (Phi) is 4.97. The zero-order chi connectivity index (χ0) is 17.1. The maximum absolute atomic E-state index is 12.7. The van der Waals surface area contributed by atoms with Crippen LogP contribution >= 0.6 is 0 Å². The van der Waals surface area contributed by atoms with Gasteiger partial charge in [0.15, 0.2) is 0 Å². The molecule has 0 aliphatic heterocycles. The van der Waals surface area contributed by atoms with Gasteiger partial charge in [0.25, 0.3) is 0 Å². The van der Waals surface area contributed by atoms with Gasteiger partial charge in [-0.2, -0.15) is 13.2 Å². The third-order valence-corrected chi connectivity index (χ3v) is 4.00. The van der Waals surface area contributed by atoms with E-state index < -0.39 is 23.2 Å². The van der Waals surface area contributed by atoms with Crippen molar-refractivity contribution in [1.82, 2.24) is 5.32 Å². The summed E-state index contributed by atoms with van der Waals surface area (Å²) in [5, 5.41) is 5.20. The van der Waals surface area contributed by atoms with E-state index in [0.29, 0.717) is 12.8 Å². The minimum absolute atomic E-state index is 0.0696. The van der Waals surface area contributed by atoms with E-state index in [9.17, 15) is 22.8 Å². The van der Waals surface area contributed by atoms with E-state index in [-0.39, 0.29) is 11.6 Å². The quantitative estimate of drug-likeness (QED) is 0.892. The molecule has 0 aromatic heterocycles. The Bertz CT molecular complexity index is 593. The van der Waals surface area contributed by atoms with Gasteiger partial charge in [-0.1, -0.05) is 25.3 Å². The largest absolute Gasteiger partial charge is 0.416 e. The highest BCUT2D eigenvalue weighted by molar-refractivity contribution is 6.00. The highest BCUT2D eigenvalue weighted by Crippen LogP contribution is 2.32. The van der Waals surface area contributed by atoms with E-state index in [1.165, 1.54) is 19.1 Å². The number of rotatable bonds is 3. The van der Waals surface area contributed by atoms with Gasteiger partial charge < -0.3 is 10.6 Å². The number of alkyl halides is 3. The van der Waals surface area contributed by atoms with Crippen molar-refractivity contribution in [2.75, 3.05) is 5.32 Å². The molecule has 0 heterocycles. The lowest BCUT2D eigenvalue weighted by atomic mass is 9.80. The molecule has 0 radical (unpaired) electrons. The molecule has 1 aromatic carbocycles. The van der Waals surface area contributed by atoms with Gasteiger partial charge in [0.1, 0.15) is 5.54 Å². The molecule has 1 saturated carbocycles. The van der Waals surface area contributed by atoms with Crippen molar-refractivity contribution in [1.29, 1.82) is 0 Å². The van der Waals surface area contributed by atoms with Gasteiger partial charge >= 0.3 is 6.18 Å². The van der Waals surface area contributed by atoms with Gasteiger partial charge in [-0.3, -0.25) is 9.59 Å². The van der Waals surface area contributed by atoms with E-state index in [1.54, 1.807) is 0 Å². The van der Waals surface area contributed by atoms with E-state index in [4.69, 9.17) is 0 Å². The Morgan fingerprint density at radius 1 is 1.13 bits per heavy atom. The van der Waals surface area contributed by atoms with Gasteiger partial charge in [-0.15, -0.1) is 0 Å². The van der Waals surface area contributed by atoms with Crippen LogP contribution in [-0.2, 0) is 15.8 Å². The number of carbonyl (C=O) groups is 2. The maximum Gasteiger partial charge on any atom is 0.416 e. The fourth-order valence-electron chi connectivity index (χ4n) is 2.93. The average molecular weight is 328 g/mol. The topological polar surface area (TPSA) is 58.2 Å². The van der Waals surface area contributed by atoms with Gasteiger partial charge in [0, 0.05) is 12.6 Å². The molecular weight excluding hydrogens is 309 g/mol. The third kappa shape index (κ3) is 4.24. The third-order valence-electron chi connectivity index (χ3n) is 4.00. The lowest BCUT2D eigenvalue weighted by molar-refractivity contribution is -0.137. The van der Waals surface area contributed by atoms with Crippen molar-refractivity contribution >= 4 is 17.5 Å². The lowest BCUT2D eigenvalue weighted by Gasteiger charge is -2.36. The number of benzene rings is 1. The summed E-state index contributed by atoms with van der Waals surface area (Å²) in [5.74, 6) is -0.794. The number of anilines is 1. The lowest BCUT2D eigenvalue weighted by Crippen LogP contribution is -2.57. The summed E-state index contributed by atoms with van der Waals surface area (Å²) in [5.41, 5.74) is -1.80. The van der Waals surface area contributed by atoms with Gasteiger partial charge in [-0.05, 0) is 31.0 Å². The highest BCUT2D eigenvalue weighted by Gasteiger charge is 2.40. The van der Waals surface area contributed by atoms with Crippen LogP contribution in [0.5, 0.6) is 0 Å². The van der Waals surface area contributed by atoms with Crippen molar-refractivity contribution < 1.29 is 22.8 Å². The molecule has 1 aliphatic rings. The van der Waals surface area contributed by atoms with Crippen molar-refractivity contribution in [2.24, 2.45) is 0 Å². The van der Waals surface area contributed by atoms with Crippen LogP contribution in [0, 0.1) is 0 Å². The van der Waals surface area contributed by atoms with Crippen LogP contribution in [0.1, 0.15) is 44.6 Å².